The van der Waals surface area contributed by atoms with Crippen LogP contribution in [0.25, 0.3) is 10.1 Å². The second-order valence-electron chi connectivity index (χ2n) is 6.37. The van der Waals surface area contributed by atoms with Gasteiger partial charge in [0.1, 0.15) is 0 Å². The first kappa shape index (κ1) is 21.6. The minimum atomic E-state index is -4.57. The Labute approximate surface area is 174 Å². The van der Waals surface area contributed by atoms with Crippen molar-refractivity contribution in [2.24, 2.45) is 0 Å². The Hall–Kier alpha value is -3.07. The number of nitrogens with one attached hydrogen (secondary N) is 1. The number of anilines is 1. The third kappa shape index (κ3) is 4.91. The zero-order chi connectivity index (χ0) is 21.9. The highest BCUT2D eigenvalue weighted by molar-refractivity contribution is 7.21. The second kappa shape index (κ2) is 8.74. The molecule has 0 aliphatic carbocycles. The van der Waals surface area contributed by atoms with Crippen LogP contribution in [0, 0.1) is 6.92 Å². The molecule has 0 aliphatic heterocycles. The number of thiophene rings is 1. The molecule has 0 atom stereocenters. The van der Waals surface area contributed by atoms with Crippen LogP contribution in [-0.4, -0.2) is 31.3 Å². The van der Waals surface area contributed by atoms with Crippen LogP contribution >= 0.6 is 11.3 Å². The van der Waals surface area contributed by atoms with E-state index in [1.807, 2.05) is 0 Å². The van der Waals surface area contributed by atoms with E-state index in [9.17, 15) is 22.8 Å². The Bertz CT molecular complexity index is 1080. The highest BCUT2D eigenvalue weighted by atomic mass is 32.1. The number of carbonyl (C=O) groups is 2. The molecule has 3 rings (SSSR count). The number of fused-ring (bicyclic) bond motifs is 1. The molecule has 2 aromatic carbocycles. The fourth-order valence-corrected chi connectivity index (χ4v) is 3.89. The van der Waals surface area contributed by atoms with E-state index in [1.165, 1.54) is 6.07 Å². The monoisotopic (exact) mass is 437 g/mol. The maximum atomic E-state index is 12.7. The Morgan fingerprint density at radius 3 is 2.47 bits per heavy atom. The smallest absolute Gasteiger partial charge is 0.422 e. The van der Waals surface area contributed by atoms with E-state index in [2.05, 4.69) is 5.32 Å². The van der Waals surface area contributed by atoms with Crippen molar-refractivity contribution in [3.8, 4) is 5.75 Å². The van der Waals surface area contributed by atoms with Crippen molar-refractivity contribution in [3.05, 3.63) is 58.5 Å². The molecular weight excluding hydrogens is 419 g/mol. The number of hydrogen-bond donors (Lipinski definition) is 1. The molecule has 1 heterocycles. The molecule has 0 saturated carbocycles. The SMILES string of the molecule is CCOC(=O)c1sc2cc(C)c(NC(=O)c3ccccc3)cc2c1OCC(F)(F)F. The fourth-order valence-electron chi connectivity index (χ4n) is 2.77. The van der Waals surface area contributed by atoms with Crippen molar-refractivity contribution in [1.29, 1.82) is 0 Å². The van der Waals surface area contributed by atoms with Gasteiger partial charge in [-0.25, -0.2) is 4.79 Å². The van der Waals surface area contributed by atoms with Crippen molar-refractivity contribution in [2.75, 3.05) is 18.5 Å². The lowest BCUT2D eigenvalue weighted by Crippen LogP contribution is -2.20. The topological polar surface area (TPSA) is 64.6 Å². The summed E-state index contributed by atoms with van der Waals surface area (Å²) in [5, 5.41) is 3.05. The molecule has 0 radical (unpaired) electrons. The number of aryl methyl sites for hydroxylation is 1. The van der Waals surface area contributed by atoms with Crippen LogP contribution in [-0.2, 0) is 4.74 Å². The first-order valence-corrected chi connectivity index (χ1v) is 9.81. The summed E-state index contributed by atoms with van der Waals surface area (Å²) in [6.07, 6.45) is -4.57. The van der Waals surface area contributed by atoms with Crippen LogP contribution in [0.4, 0.5) is 18.9 Å². The van der Waals surface area contributed by atoms with Crippen LogP contribution in [0.1, 0.15) is 32.5 Å². The minimum absolute atomic E-state index is 0.0537. The van der Waals surface area contributed by atoms with E-state index < -0.39 is 18.8 Å². The van der Waals surface area contributed by atoms with Gasteiger partial charge in [0, 0.05) is 21.3 Å². The highest BCUT2D eigenvalue weighted by Crippen LogP contribution is 2.41. The number of halogens is 3. The average Bonchev–Trinajstić information content (AvgIpc) is 3.04. The summed E-state index contributed by atoms with van der Waals surface area (Å²) in [6, 6.07) is 11.7. The standard InChI is InChI=1S/C21H18F3NO4S/c1-3-28-20(27)18-17(29-11-21(22,23)24)14-10-15(12(2)9-16(14)30-18)25-19(26)13-7-5-4-6-8-13/h4-10H,3,11H2,1-2H3,(H,25,26). The maximum Gasteiger partial charge on any atom is 0.422 e. The summed E-state index contributed by atoms with van der Waals surface area (Å²) in [4.78, 5) is 24.7. The van der Waals surface area contributed by atoms with Crippen molar-refractivity contribution in [1.82, 2.24) is 0 Å². The molecule has 30 heavy (non-hydrogen) atoms. The molecule has 1 amide bonds. The number of hydrogen-bond acceptors (Lipinski definition) is 5. The van der Waals surface area contributed by atoms with Crippen molar-refractivity contribution in [3.63, 3.8) is 0 Å². The summed E-state index contributed by atoms with van der Waals surface area (Å²) in [6.45, 7) is 1.87. The zero-order valence-corrected chi connectivity index (χ0v) is 16.9. The highest BCUT2D eigenvalue weighted by Gasteiger charge is 2.31. The average molecular weight is 437 g/mol. The number of alkyl halides is 3. The number of rotatable bonds is 6. The van der Waals surface area contributed by atoms with Crippen LogP contribution in [0.5, 0.6) is 5.75 Å². The van der Waals surface area contributed by atoms with Crippen molar-refractivity contribution < 1.29 is 32.2 Å². The third-order valence-corrected chi connectivity index (χ3v) is 5.23. The molecule has 0 fully saturated rings. The fraction of sp³-hybridized carbons (Fsp3) is 0.238. The molecular formula is C21H18F3NO4S. The molecule has 0 unspecified atom stereocenters. The lowest BCUT2D eigenvalue weighted by molar-refractivity contribution is -0.153. The summed E-state index contributed by atoms with van der Waals surface area (Å²) >= 11 is 0.981. The predicted molar refractivity (Wildman–Crippen MR) is 108 cm³/mol. The Morgan fingerprint density at radius 1 is 1.13 bits per heavy atom. The van der Waals surface area contributed by atoms with E-state index in [4.69, 9.17) is 9.47 Å². The molecule has 3 aromatic rings. The molecule has 0 bridgehead atoms. The van der Waals surface area contributed by atoms with Crippen molar-refractivity contribution >= 4 is 39.0 Å². The van der Waals surface area contributed by atoms with Gasteiger partial charge < -0.3 is 14.8 Å². The molecule has 0 spiro atoms. The molecule has 0 saturated heterocycles. The van der Waals surface area contributed by atoms with Crippen LogP contribution < -0.4 is 10.1 Å². The van der Waals surface area contributed by atoms with Gasteiger partial charge in [-0.1, -0.05) is 18.2 Å². The van der Waals surface area contributed by atoms with E-state index in [0.29, 0.717) is 26.9 Å². The first-order valence-electron chi connectivity index (χ1n) is 9.00. The quantitative estimate of drug-likeness (QED) is 0.512. The number of benzene rings is 2. The molecule has 5 nitrogen and oxygen atoms in total. The van der Waals surface area contributed by atoms with Gasteiger partial charge in [0.25, 0.3) is 5.91 Å². The van der Waals surface area contributed by atoms with Gasteiger partial charge in [-0.2, -0.15) is 13.2 Å². The van der Waals surface area contributed by atoms with Gasteiger partial charge in [-0.05, 0) is 43.7 Å². The van der Waals surface area contributed by atoms with E-state index in [1.54, 1.807) is 50.2 Å². The summed E-state index contributed by atoms with van der Waals surface area (Å²) in [7, 11) is 0. The van der Waals surface area contributed by atoms with Gasteiger partial charge in [0.2, 0.25) is 0 Å². The normalized spacial score (nSPS) is 11.4. The Morgan fingerprint density at radius 2 is 1.83 bits per heavy atom. The summed E-state index contributed by atoms with van der Waals surface area (Å²) in [5.41, 5.74) is 1.52. The summed E-state index contributed by atoms with van der Waals surface area (Å²) in [5.74, 6) is -1.33. The molecule has 158 valence electrons. The van der Waals surface area contributed by atoms with Gasteiger partial charge >= 0.3 is 12.1 Å². The first-order chi connectivity index (χ1) is 14.2. The van der Waals surface area contributed by atoms with E-state index in [0.717, 1.165) is 11.3 Å². The number of carbonyl (C=O) groups excluding carboxylic acids is 2. The number of esters is 1. The zero-order valence-electron chi connectivity index (χ0n) is 16.1. The molecule has 1 aromatic heterocycles. The largest absolute Gasteiger partial charge is 0.482 e. The van der Waals surface area contributed by atoms with E-state index in [-0.39, 0.29) is 23.1 Å². The Kier molecular flexibility index (Phi) is 6.31. The third-order valence-electron chi connectivity index (χ3n) is 4.11. The molecule has 9 heteroatoms. The predicted octanol–water partition coefficient (Wildman–Crippen LogP) is 5.58. The van der Waals surface area contributed by atoms with Crippen molar-refractivity contribution in [2.45, 2.75) is 20.0 Å². The van der Waals surface area contributed by atoms with E-state index >= 15 is 0 Å². The van der Waals surface area contributed by atoms with Gasteiger partial charge in [-0.3, -0.25) is 4.79 Å². The van der Waals surface area contributed by atoms with Gasteiger partial charge in [0.15, 0.2) is 17.2 Å². The van der Waals surface area contributed by atoms with Gasteiger partial charge in [-0.15, -0.1) is 11.3 Å². The minimum Gasteiger partial charge on any atom is -0.482 e. The number of ether oxygens (including phenoxy) is 2. The Balaban J connectivity index is 2.03. The number of amides is 1. The second-order valence-corrected chi connectivity index (χ2v) is 7.42. The summed E-state index contributed by atoms with van der Waals surface area (Å²) < 4.78 is 48.7. The maximum absolute atomic E-state index is 12.7. The molecule has 0 aliphatic rings. The van der Waals surface area contributed by atoms with Crippen LogP contribution in [0.15, 0.2) is 42.5 Å². The van der Waals surface area contributed by atoms with Gasteiger partial charge in [0.05, 0.1) is 6.61 Å². The van der Waals surface area contributed by atoms with Crippen LogP contribution in [0.2, 0.25) is 0 Å². The molecule has 1 N–H and O–H groups in total. The lowest BCUT2D eigenvalue weighted by Gasteiger charge is -2.12. The lowest BCUT2D eigenvalue weighted by atomic mass is 10.1. The van der Waals surface area contributed by atoms with Crippen LogP contribution in [0.3, 0.4) is 0 Å².